The van der Waals surface area contributed by atoms with Crippen molar-refractivity contribution in [3.05, 3.63) is 78.4 Å². The van der Waals surface area contributed by atoms with E-state index in [4.69, 9.17) is 14.5 Å². The average molecular weight is 810 g/mol. The summed E-state index contributed by atoms with van der Waals surface area (Å²) >= 11 is 0. The molecular formula is C46H55N3O8S. The van der Waals surface area contributed by atoms with E-state index in [-0.39, 0.29) is 56.4 Å². The molecule has 308 valence electrons. The van der Waals surface area contributed by atoms with E-state index in [1.807, 2.05) is 77.1 Å². The van der Waals surface area contributed by atoms with E-state index in [0.717, 1.165) is 40.4 Å². The number of fused-ring (bicyclic) bond motifs is 3. The van der Waals surface area contributed by atoms with E-state index < -0.39 is 62.0 Å². The number of amides is 2. The molecule has 0 radical (unpaired) electrons. The highest BCUT2D eigenvalue weighted by Crippen LogP contribution is 2.57. The summed E-state index contributed by atoms with van der Waals surface area (Å²) in [5, 5.41) is 0.176. The first-order valence-corrected chi connectivity index (χ1v) is 22.0. The predicted molar refractivity (Wildman–Crippen MR) is 223 cm³/mol. The zero-order chi connectivity index (χ0) is 41.6. The number of carbonyl (C=O) groups excluding carboxylic acids is 4. The van der Waals surface area contributed by atoms with Crippen molar-refractivity contribution in [1.29, 1.82) is 0 Å². The van der Waals surface area contributed by atoms with Crippen LogP contribution in [0, 0.1) is 35.5 Å². The number of aryl methyl sites for hydroxylation is 1. The molecule has 2 aliphatic heterocycles. The lowest BCUT2D eigenvalue weighted by atomic mass is 9.77. The molecule has 3 heterocycles. The number of allylic oxidation sites excluding steroid dienone is 2. The molecule has 6 atom stereocenters. The topological polar surface area (TPSA) is 149 Å². The Bertz CT molecular complexity index is 2260. The molecule has 1 unspecified atom stereocenters. The van der Waals surface area contributed by atoms with Gasteiger partial charge in [-0.15, -0.1) is 6.58 Å². The Morgan fingerprint density at radius 3 is 2.50 bits per heavy atom. The minimum Gasteiger partial charge on any atom is -0.488 e. The second-order valence-corrected chi connectivity index (χ2v) is 20.0. The van der Waals surface area contributed by atoms with Gasteiger partial charge in [0.25, 0.3) is 0 Å². The van der Waals surface area contributed by atoms with Crippen LogP contribution < -0.4 is 9.46 Å². The number of cyclic esters (lactones) is 1. The molecule has 11 nitrogen and oxygen atoms in total. The zero-order valence-electron chi connectivity index (χ0n) is 34.2. The molecule has 2 aromatic carbocycles. The van der Waals surface area contributed by atoms with Gasteiger partial charge in [0.2, 0.25) is 21.8 Å². The number of Topliss-reactive ketones (excluding diaryl/α,β-unsaturated/α-hetero) is 1. The van der Waals surface area contributed by atoms with E-state index in [1.54, 1.807) is 6.08 Å². The van der Waals surface area contributed by atoms with Crippen LogP contribution in [0.25, 0.3) is 28.2 Å². The normalized spacial score (nSPS) is 27.5. The van der Waals surface area contributed by atoms with Crippen LogP contribution in [0.1, 0.15) is 90.2 Å². The van der Waals surface area contributed by atoms with Crippen LogP contribution >= 0.6 is 0 Å². The molecule has 0 spiro atoms. The van der Waals surface area contributed by atoms with E-state index in [1.165, 1.54) is 4.90 Å². The van der Waals surface area contributed by atoms with Gasteiger partial charge in [-0.25, -0.2) is 13.4 Å². The molecule has 4 bridgehead atoms. The molecule has 2 amide bonds. The summed E-state index contributed by atoms with van der Waals surface area (Å²) in [6.45, 7) is 13.9. The maximum Gasteiger partial charge on any atom is 0.306 e. The van der Waals surface area contributed by atoms with Crippen molar-refractivity contribution in [2.75, 3.05) is 13.2 Å². The molecule has 4 aliphatic rings. The van der Waals surface area contributed by atoms with Gasteiger partial charge < -0.3 is 14.4 Å². The Hall–Kier alpha value is -4.84. The third kappa shape index (κ3) is 8.77. The van der Waals surface area contributed by atoms with Crippen LogP contribution in [-0.2, 0) is 33.9 Å². The van der Waals surface area contributed by atoms with Crippen molar-refractivity contribution < 1.29 is 37.1 Å². The Kier molecular flexibility index (Phi) is 11.5. The van der Waals surface area contributed by atoms with Gasteiger partial charge in [0.1, 0.15) is 11.9 Å². The lowest BCUT2D eigenvalue weighted by molar-refractivity contribution is -0.154. The van der Waals surface area contributed by atoms with E-state index >= 15 is 0 Å². The molecule has 2 saturated carbocycles. The van der Waals surface area contributed by atoms with Gasteiger partial charge in [-0.05, 0) is 79.5 Å². The third-order valence-electron chi connectivity index (χ3n) is 12.4. The number of aromatic nitrogens is 1. The highest BCUT2D eigenvalue weighted by molar-refractivity contribution is 7.90. The monoisotopic (exact) mass is 809 g/mol. The first-order valence-electron chi connectivity index (χ1n) is 20.5. The van der Waals surface area contributed by atoms with Crippen LogP contribution in [0.3, 0.4) is 0 Å². The smallest absolute Gasteiger partial charge is 0.306 e. The predicted octanol–water partition coefficient (Wildman–Crippen LogP) is 7.36. The minimum atomic E-state index is -3.86. The fourth-order valence-electron chi connectivity index (χ4n) is 8.42. The highest BCUT2D eigenvalue weighted by atomic mass is 32.2. The summed E-state index contributed by atoms with van der Waals surface area (Å²) in [7, 11) is -3.86. The number of ether oxygens (including phenoxy) is 2. The van der Waals surface area contributed by atoms with Crippen molar-refractivity contribution in [3.8, 4) is 17.0 Å². The molecule has 7 rings (SSSR count). The van der Waals surface area contributed by atoms with Gasteiger partial charge in [0, 0.05) is 29.9 Å². The maximum absolute atomic E-state index is 14.8. The quantitative estimate of drug-likeness (QED) is 0.182. The van der Waals surface area contributed by atoms with Crippen molar-refractivity contribution in [3.63, 3.8) is 0 Å². The van der Waals surface area contributed by atoms with Crippen LogP contribution in [-0.4, -0.2) is 72.4 Å². The first kappa shape index (κ1) is 41.3. The summed E-state index contributed by atoms with van der Waals surface area (Å²) in [5.41, 5.74) is 2.42. The standard InChI is InChI=1S/C46H55N3O8S/c1-7-32-24-46(32,44(53)48-58(54,55)34-17-18-34)25-40(50)39-21-33-26-49(39)43(52)36(45(4,5)6)22-42(51)56-27-28(2)13-11-12-16-31-20-35-38(19-29(31)3)47-37(23-41(35)57-33)30-14-9-8-10-15-30/h7-10,12,14-16,19-20,23,28,32-34,36,39H,1,11,13,17-18,21-22,24-27H2,2-6H3,(H,48,53)/b16-12+/t28?,32-,33-,36-,39+,46-/m1/s1. The second-order valence-electron chi connectivity index (χ2n) is 18.0. The third-order valence-corrected chi connectivity index (χ3v) is 14.2. The number of nitrogens with one attached hydrogen (secondary N) is 1. The molecule has 3 aromatic rings. The Morgan fingerprint density at radius 2 is 1.83 bits per heavy atom. The van der Waals surface area contributed by atoms with Crippen LogP contribution in [0.4, 0.5) is 0 Å². The number of esters is 1. The molecule has 12 heteroatoms. The van der Waals surface area contributed by atoms with E-state index in [9.17, 15) is 27.6 Å². The molecule has 1 aromatic heterocycles. The van der Waals surface area contributed by atoms with Gasteiger partial charge in [0.15, 0.2) is 5.78 Å². The molecule has 3 fully saturated rings. The fraction of sp³-hybridized carbons (Fsp3) is 0.500. The van der Waals surface area contributed by atoms with Gasteiger partial charge in [-0.1, -0.05) is 76.3 Å². The van der Waals surface area contributed by atoms with Crippen molar-refractivity contribution in [2.24, 2.45) is 28.6 Å². The zero-order valence-corrected chi connectivity index (χ0v) is 35.0. The number of sulfonamides is 1. The molecule has 1 saturated heterocycles. The summed E-state index contributed by atoms with van der Waals surface area (Å²) in [6, 6.07) is 14.8. The molecule has 58 heavy (non-hydrogen) atoms. The van der Waals surface area contributed by atoms with Crippen molar-refractivity contribution >= 4 is 50.6 Å². The van der Waals surface area contributed by atoms with Gasteiger partial charge >= 0.3 is 5.97 Å². The van der Waals surface area contributed by atoms with Crippen LogP contribution in [0.15, 0.2) is 67.3 Å². The van der Waals surface area contributed by atoms with Gasteiger partial charge in [-0.3, -0.25) is 23.9 Å². The van der Waals surface area contributed by atoms with E-state index in [2.05, 4.69) is 29.5 Å². The first-order chi connectivity index (χ1) is 27.5. The molecule has 1 N–H and O–H groups in total. The number of pyridine rings is 1. The number of rotatable bonds is 8. The summed E-state index contributed by atoms with van der Waals surface area (Å²) < 4.78 is 40.6. The fourth-order valence-corrected chi connectivity index (χ4v) is 9.80. The lowest BCUT2D eigenvalue weighted by Crippen LogP contribution is -2.48. The van der Waals surface area contributed by atoms with Crippen molar-refractivity contribution in [1.82, 2.24) is 14.6 Å². The largest absolute Gasteiger partial charge is 0.488 e. The lowest BCUT2D eigenvalue weighted by Gasteiger charge is -2.35. The second kappa shape index (κ2) is 16.1. The number of nitrogens with zero attached hydrogens (tertiary/aromatic N) is 2. The SMILES string of the molecule is C=C[C@@H]1C[C@]1(CC(=O)[C@@H]1C[C@@H]2CN1C(=O)[C@H](C(C)(C)C)CC(=O)OCC(C)CC/C=C/c1cc3c(cc(-c4ccccc4)nc3cc1C)O2)C(=O)NS(=O)(=O)C1CC1. The summed E-state index contributed by atoms with van der Waals surface area (Å²) in [4.78, 5) is 63.1. The van der Waals surface area contributed by atoms with Gasteiger partial charge in [-0.2, -0.15) is 0 Å². The number of benzene rings is 2. The van der Waals surface area contributed by atoms with Crippen molar-refractivity contribution in [2.45, 2.75) is 103 Å². The maximum atomic E-state index is 14.8. The van der Waals surface area contributed by atoms with E-state index in [0.29, 0.717) is 24.3 Å². The Balaban J connectivity index is 1.28. The number of hydrogen-bond acceptors (Lipinski definition) is 9. The van der Waals surface area contributed by atoms with Crippen LogP contribution in [0.5, 0.6) is 5.75 Å². The minimum absolute atomic E-state index is 0.0527. The average Bonchev–Trinajstić information content (AvgIpc) is 4.11. The summed E-state index contributed by atoms with van der Waals surface area (Å²) in [6.07, 6.45) is 7.66. The number of carbonyl (C=O) groups is 4. The highest BCUT2D eigenvalue weighted by Gasteiger charge is 2.61. The Labute approximate surface area is 341 Å². The van der Waals surface area contributed by atoms with Gasteiger partial charge in [0.05, 0.1) is 53.4 Å². The number of hydrogen-bond donors (Lipinski definition) is 1. The van der Waals surface area contributed by atoms with Crippen LogP contribution in [0.2, 0.25) is 0 Å². The summed E-state index contributed by atoms with van der Waals surface area (Å²) in [5.74, 6) is -2.53. The Morgan fingerprint density at radius 1 is 1.09 bits per heavy atom. The number of ketones is 1. The molecule has 2 aliphatic carbocycles. The molecular weight excluding hydrogens is 755 g/mol.